The number of aromatic nitrogens is 1. The molecular weight excluding hydrogens is 316 g/mol. The molecule has 2 heterocycles. The minimum atomic E-state index is 0.419. The molecule has 26 heavy (non-hydrogen) atoms. The zero-order chi connectivity index (χ0) is 17.8. The van der Waals surface area contributed by atoms with Gasteiger partial charge < -0.3 is 4.90 Å². The van der Waals surface area contributed by atoms with Gasteiger partial charge >= 0.3 is 0 Å². The molecule has 1 aromatic heterocycles. The van der Waals surface area contributed by atoms with E-state index in [1.165, 1.54) is 41.2 Å². The molecule has 2 nitrogen and oxygen atoms in total. The topological polar surface area (TPSA) is 16.1 Å². The molecule has 1 unspecified atom stereocenters. The van der Waals surface area contributed by atoms with E-state index < -0.39 is 0 Å². The summed E-state index contributed by atoms with van der Waals surface area (Å²) in [5.74, 6) is 1.11. The Kier molecular flexibility index (Phi) is 5.01. The monoisotopic (exact) mass is 342 g/mol. The average Bonchev–Trinajstić information content (AvgIpc) is 2.72. The molecule has 0 spiro atoms. The van der Waals surface area contributed by atoms with Crippen molar-refractivity contribution in [2.75, 3.05) is 11.4 Å². The Balaban J connectivity index is 1.60. The molecule has 1 aliphatic rings. The summed E-state index contributed by atoms with van der Waals surface area (Å²) in [4.78, 5) is 7.18. The highest BCUT2D eigenvalue weighted by molar-refractivity contribution is 5.90. The van der Waals surface area contributed by atoms with Gasteiger partial charge in [-0.1, -0.05) is 67.6 Å². The van der Waals surface area contributed by atoms with E-state index in [-0.39, 0.29) is 0 Å². The number of rotatable bonds is 4. The van der Waals surface area contributed by atoms with Crippen LogP contribution in [0.1, 0.15) is 37.3 Å². The van der Waals surface area contributed by atoms with Crippen LogP contribution in [0.15, 0.2) is 66.9 Å². The van der Waals surface area contributed by atoms with Gasteiger partial charge in [0.2, 0.25) is 0 Å². The molecular formula is C24H26N2. The van der Waals surface area contributed by atoms with Crippen LogP contribution in [0, 0.1) is 0 Å². The van der Waals surface area contributed by atoms with Crippen LogP contribution < -0.4 is 4.90 Å². The van der Waals surface area contributed by atoms with Crippen LogP contribution in [-0.2, 0) is 6.42 Å². The van der Waals surface area contributed by atoms with Crippen molar-refractivity contribution in [3.8, 4) is 0 Å². The van der Waals surface area contributed by atoms with Crippen molar-refractivity contribution < 1.29 is 0 Å². The Morgan fingerprint density at radius 3 is 2.77 bits per heavy atom. The normalized spacial score (nSPS) is 17.9. The molecule has 3 aromatic rings. The van der Waals surface area contributed by atoms with Crippen LogP contribution in [0.4, 0.5) is 5.82 Å². The average molecular weight is 342 g/mol. The number of benzene rings is 2. The van der Waals surface area contributed by atoms with Gasteiger partial charge in [0.1, 0.15) is 5.82 Å². The number of fused-ring (bicyclic) bond motifs is 1. The van der Waals surface area contributed by atoms with Gasteiger partial charge in [0.25, 0.3) is 0 Å². The number of anilines is 1. The molecule has 0 amide bonds. The maximum absolute atomic E-state index is 4.72. The molecule has 2 aromatic carbocycles. The number of hydrogen-bond donors (Lipinski definition) is 0. The lowest BCUT2D eigenvalue weighted by atomic mass is 9.99. The lowest BCUT2D eigenvalue weighted by Crippen LogP contribution is -2.38. The largest absolute Gasteiger partial charge is 0.350 e. The van der Waals surface area contributed by atoms with Crippen molar-refractivity contribution in [2.45, 2.75) is 38.6 Å². The van der Waals surface area contributed by atoms with Gasteiger partial charge in [-0.25, -0.2) is 4.98 Å². The molecule has 1 saturated heterocycles. The van der Waals surface area contributed by atoms with Gasteiger partial charge in [-0.15, -0.1) is 0 Å². The Labute approximate surface area is 156 Å². The van der Waals surface area contributed by atoms with Crippen molar-refractivity contribution in [3.63, 3.8) is 0 Å². The fourth-order valence-corrected chi connectivity index (χ4v) is 3.85. The van der Waals surface area contributed by atoms with E-state index in [2.05, 4.69) is 78.6 Å². The van der Waals surface area contributed by atoms with E-state index >= 15 is 0 Å². The van der Waals surface area contributed by atoms with Crippen molar-refractivity contribution >= 4 is 22.7 Å². The van der Waals surface area contributed by atoms with Crippen molar-refractivity contribution in [3.05, 3.63) is 78.0 Å². The molecule has 2 heteroatoms. The maximum atomic E-state index is 4.72. The summed E-state index contributed by atoms with van der Waals surface area (Å²) in [5, 5.41) is 2.62. The number of aryl methyl sites for hydroxylation is 1. The van der Waals surface area contributed by atoms with Crippen LogP contribution in [0.5, 0.6) is 0 Å². The number of pyridine rings is 1. The summed E-state index contributed by atoms with van der Waals surface area (Å²) in [6, 6.07) is 20.0. The fraction of sp³-hybridized carbons (Fsp3) is 0.292. The zero-order valence-corrected chi connectivity index (χ0v) is 15.4. The van der Waals surface area contributed by atoms with Crippen LogP contribution in [0.3, 0.4) is 0 Å². The minimum absolute atomic E-state index is 0.419. The van der Waals surface area contributed by atoms with E-state index in [4.69, 9.17) is 4.98 Å². The Bertz CT molecular complexity index is 890. The molecule has 0 radical (unpaired) electrons. The first-order chi connectivity index (χ1) is 12.8. The number of piperidine rings is 1. The molecule has 0 bridgehead atoms. The molecule has 1 atom stereocenters. The Morgan fingerprint density at radius 2 is 1.92 bits per heavy atom. The summed E-state index contributed by atoms with van der Waals surface area (Å²) < 4.78 is 0. The van der Waals surface area contributed by atoms with Gasteiger partial charge in [-0.2, -0.15) is 0 Å². The molecule has 4 rings (SSSR count). The summed E-state index contributed by atoms with van der Waals surface area (Å²) >= 11 is 0. The van der Waals surface area contributed by atoms with E-state index in [0.717, 1.165) is 18.8 Å². The predicted molar refractivity (Wildman–Crippen MR) is 112 cm³/mol. The summed E-state index contributed by atoms with van der Waals surface area (Å²) in [6.07, 6.45) is 11.5. The molecule has 1 aliphatic heterocycles. The lowest BCUT2D eigenvalue weighted by molar-refractivity contribution is 0.511. The summed E-state index contributed by atoms with van der Waals surface area (Å²) in [5.41, 5.74) is 2.59. The Hall–Kier alpha value is -2.61. The molecule has 0 N–H and O–H groups in total. The van der Waals surface area contributed by atoms with E-state index in [1.807, 2.05) is 6.20 Å². The standard InChI is InChI=1S/C24H26N2/c1-2-19-13-16-24(25-18-19)26-17-6-5-11-22(26)15-14-21-10-7-9-20-8-3-4-12-23(20)21/h3-4,7-10,12-16,18,22H,2,5-6,11,17H2,1H3. The highest BCUT2D eigenvalue weighted by atomic mass is 15.2. The molecule has 0 aliphatic carbocycles. The third kappa shape index (κ3) is 3.50. The van der Waals surface area contributed by atoms with E-state index in [0.29, 0.717) is 6.04 Å². The lowest BCUT2D eigenvalue weighted by Gasteiger charge is -2.35. The molecule has 1 fully saturated rings. The first kappa shape index (κ1) is 16.8. The molecule has 0 saturated carbocycles. The van der Waals surface area contributed by atoms with E-state index in [9.17, 15) is 0 Å². The van der Waals surface area contributed by atoms with Gasteiger partial charge in [-0.3, -0.25) is 0 Å². The quantitative estimate of drug-likeness (QED) is 0.589. The second kappa shape index (κ2) is 7.74. The number of hydrogen-bond acceptors (Lipinski definition) is 2. The van der Waals surface area contributed by atoms with E-state index in [1.54, 1.807) is 0 Å². The SMILES string of the molecule is CCc1ccc(N2CCCCC2C=Cc2cccc3ccccc23)nc1. The van der Waals surface area contributed by atoms with Crippen molar-refractivity contribution in [2.24, 2.45) is 0 Å². The zero-order valence-electron chi connectivity index (χ0n) is 15.4. The minimum Gasteiger partial charge on any atom is -0.350 e. The predicted octanol–water partition coefficient (Wildman–Crippen LogP) is 5.87. The second-order valence-corrected chi connectivity index (χ2v) is 7.06. The first-order valence-corrected chi connectivity index (χ1v) is 9.72. The smallest absolute Gasteiger partial charge is 0.128 e. The third-order valence-electron chi connectivity index (χ3n) is 5.38. The second-order valence-electron chi connectivity index (χ2n) is 7.06. The highest BCUT2D eigenvalue weighted by Crippen LogP contribution is 2.26. The van der Waals surface area contributed by atoms with Gasteiger partial charge in [0, 0.05) is 18.8 Å². The maximum Gasteiger partial charge on any atom is 0.128 e. The van der Waals surface area contributed by atoms with Gasteiger partial charge in [0.05, 0.1) is 0 Å². The van der Waals surface area contributed by atoms with Crippen molar-refractivity contribution in [1.82, 2.24) is 4.98 Å². The van der Waals surface area contributed by atoms with Gasteiger partial charge in [0.15, 0.2) is 0 Å². The van der Waals surface area contributed by atoms with Gasteiger partial charge in [-0.05, 0) is 53.6 Å². The third-order valence-corrected chi connectivity index (χ3v) is 5.38. The summed E-state index contributed by atoms with van der Waals surface area (Å²) in [7, 11) is 0. The van der Waals surface area contributed by atoms with Crippen molar-refractivity contribution in [1.29, 1.82) is 0 Å². The van der Waals surface area contributed by atoms with Crippen LogP contribution in [0.25, 0.3) is 16.8 Å². The van der Waals surface area contributed by atoms with Crippen LogP contribution in [0.2, 0.25) is 0 Å². The number of nitrogens with zero attached hydrogens (tertiary/aromatic N) is 2. The molecule has 132 valence electrons. The highest BCUT2D eigenvalue weighted by Gasteiger charge is 2.21. The summed E-state index contributed by atoms with van der Waals surface area (Å²) in [6.45, 7) is 3.26. The van der Waals surface area contributed by atoms with Crippen LogP contribution >= 0.6 is 0 Å². The fourth-order valence-electron chi connectivity index (χ4n) is 3.85. The Morgan fingerprint density at radius 1 is 1.04 bits per heavy atom. The van der Waals surface area contributed by atoms with Crippen LogP contribution in [-0.4, -0.2) is 17.6 Å². The first-order valence-electron chi connectivity index (χ1n) is 9.72.